The van der Waals surface area contributed by atoms with E-state index in [9.17, 15) is 24.3 Å². The molecule has 1 N–H and O–H groups in total. The summed E-state index contributed by atoms with van der Waals surface area (Å²) in [6.45, 7) is 3.20. The normalized spacial score (nSPS) is 14.4. The first kappa shape index (κ1) is 19.5. The molecule has 11 nitrogen and oxygen atoms in total. The second kappa shape index (κ2) is 7.43. The quantitative estimate of drug-likeness (QED) is 0.638. The first-order valence-corrected chi connectivity index (χ1v) is 8.64. The van der Waals surface area contributed by atoms with Gasteiger partial charge in [-0.15, -0.1) is 0 Å². The highest BCUT2D eigenvalue weighted by atomic mass is 16.5. The molecule has 1 atom stereocenters. The molecule has 3 rings (SSSR count). The predicted octanol–water partition coefficient (Wildman–Crippen LogP) is -0.252. The molecule has 2 aromatic heterocycles. The molecule has 0 unspecified atom stereocenters. The number of ether oxygens (including phenoxy) is 2. The SMILES string of the molecule is CCOC(=O)c1cc2n(CC(=O)O)c3c(c(=O)n2n1)CN([C@@H](C)COC)C3=O. The van der Waals surface area contributed by atoms with E-state index >= 15 is 0 Å². The molecule has 1 aliphatic rings. The fraction of sp³-hybridized carbons (Fsp3) is 0.471. The van der Waals surface area contributed by atoms with E-state index in [4.69, 9.17) is 9.47 Å². The minimum atomic E-state index is -1.21. The number of hydrogen-bond donors (Lipinski definition) is 1. The summed E-state index contributed by atoms with van der Waals surface area (Å²) in [6, 6.07) is 0.932. The lowest BCUT2D eigenvalue weighted by Gasteiger charge is -2.23. The lowest BCUT2D eigenvalue weighted by Crippen LogP contribution is -2.37. The molecular formula is C17H20N4O7. The fourth-order valence-electron chi connectivity index (χ4n) is 3.27. The number of carbonyl (C=O) groups excluding carboxylic acids is 2. The number of carboxylic acids is 1. The number of nitrogens with zero attached hydrogens (tertiary/aromatic N) is 4. The van der Waals surface area contributed by atoms with Crippen LogP contribution in [0.2, 0.25) is 0 Å². The van der Waals surface area contributed by atoms with Gasteiger partial charge in [-0.1, -0.05) is 0 Å². The van der Waals surface area contributed by atoms with Crippen molar-refractivity contribution in [1.29, 1.82) is 0 Å². The highest BCUT2D eigenvalue weighted by molar-refractivity contribution is 5.98. The zero-order chi connectivity index (χ0) is 20.6. The molecule has 0 fully saturated rings. The van der Waals surface area contributed by atoms with Crippen molar-refractivity contribution in [1.82, 2.24) is 19.1 Å². The second-order valence-electron chi connectivity index (χ2n) is 6.37. The number of aliphatic carboxylic acids is 1. The van der Waals surface area contributed by atoms with Crippen LogP contribution < -0.4 is 5.56 Å². The van der Waals surface area contributed by atoms with E-state index < -0.39 is 29.9 Å². The van der Waals surface area contributed by atoms with Gasteiger partial charge in [-0.2, -0.15) is 9.61 Å². The highest BCUT2D eigenvalue weighted by Gasteiger charge is 2.37. The van der Waals surface area contributed by atoms with Crippen molar-refractivity contribution < 1.29 is 29.0 Å². The van der Waals surface area contributed by atoms with Crippen molar-refractivity contribution in [3.63, 3.8) is 0 Å². The summed E-state index contributed by atoms with van der Waals surface area (Å²) in [5.41, 5.74) is -0.580. The summed E-state index contributed by atoms with van der Waals surface area (Å²) in [5.74, 6) is -2.42. The third-order valence-corrected chi connectivity index (χ3v) is 4.48. The predicted molar refractivity (Wildman–Crippen MR) is 94.3 cm³/mol. The van der Waals surface area contributed by atoms with Crippen LogP contribution in [0.3, 0.4) is 0 Å². The number of hydrogen-bond acceptors (Lipinski definition) is 7. The van der Waals surface area contributed by atoms with E-state index in [0.29, 0.717) is 0 Å². The number of fused-ring (bicyclic) bond motifs is 2. The Bertz CT molecular complexity index is 1020. The van der Waals surface area contributed by atoms with Gasteiger partial charge in [0.1, 0.15) is 17.9 Å². The minimum absolute atomic E-state index is 0.00167. The van der Waals surface area contributed by atoms with Crippen LogP contribution in [0.1, 0.15) is 40.4 Å². The van der Waals surface area contributed by atoms with Crippen LogP contribution in [0.5, 0.6) is 0 Å². The van der Waals surface area contributed by atoms with Crippen LogP contribution in [-0.2, 0) is 27.4 Å². The Morgan fingerprint density at radius 3 is 2.68 bits per heavy atom. The molecule has 0 spiro atoms. The van der Waals surface area contributed by atoms with Gasteiger partial charge in [0.15, 0.2) is 5.69 Å². The average Bonchev–Trinajstić information content (AvgIpc) is 3.21. The van der Waals surface area contributed by atoms with E-state index in [1.807, 2.05) is 0 Å². The van der Waals surface area contributed by atoms with Crippen LogP contribution in [0, 0.1) is 0 Å². The molecule has 0 radical (unpaired) electrons. The summed E-state index contributed by atoms with van der Waals surface area (Å²) in [7, 11) is 1.50. The van der Waals surface area contributed by atoms with Crippen LogP contribution in [0.15, 0.2) is 10.9 Å². The first-order chi connectivity index (χ1) is 13.3. The number of rotatable bonds is 7. The molecular weight excluding hydrogens is 372 g/mol. The molecule has 2 aromatic rings. The van der Waals surface area contributed by atoms with Gasteiger partial charge in [-0.25, -0.2) is 4.79 Å². The van der Waals surface area contributed by atoms with Gasteiger partial charge in [-0.3, -0.25) is 14.4 Å². The van der Waals surface area contributed by atoms with Gasteiger partial charge in [0.2, 0.25) is 0 Å². The van der Waals surface area contributed by atoms with E-state index in [-0.39, 0.29) is 48.4 Å². The maximum absolute atomic E-state index is 13.0. The largest absolute Gasteiger partial charge is 0.480 e. The maximum atomic E-state index is 13.0. The van der Waals surface area contributed by atoms with E-state index in [0.717, 1.165) is 4.52 Å². The van der Waals surface area contributed by atoms with Crippen LogP contribution in [0.25, 0.3) is 5.65 Å². The zero-order valence-corrected chi connectivity index (χ0v) is 15.7. The minimum Gasteiger partial charge on any atom is -0.480 e. The molecule has 28 heavy (non-hydrogen) atoms. The molecule has 150 valence electrons. The van der Waals surface area contributed by atoms with Crippen molar-refractivity contribution in [2.24, 2.45) is 0 Å². The number of carbonyl (C=O) groups is 3. The number of amides is 1. The summed E-state index contributed by atoms with van der Waals surface area (Å²) < 4.78 is 12.1. The third kappa shape index (κ3) is 3.13. The van der Waals surface area contributed by atoms with E-state index in [2.05, 4.69) is 5.10 Å². The topological polar surface area (TPSA) is 132 Å². The fourth-order valence-corrected chi connectivity index (χ4v) is 3.27. The Balaban J connectivity index is 2.21. The Kier molecular flexibility index (Phi) is 5.18. The molecule has 1 aliphatic heterocycles. The maximum Gasteiger partial charge on any atom is 0.358 e. The zero-order valence-electron chi connectivity index (χ0n) is 15.7. The monoisotopic (exact) mass is 392 g/mol. The van der Waals surface area contributed by atoms with Crippen LogP contribution >= 0.6 is 0 Å². The van der Waals surface area contributed by atoms with Crippen molar-refractivity contribution >= 4 is 23.5 Å². The van der Waals surface area contributed by atoms with Gasteiger partial charge < -0.3 is 24.0 Å². The highest BCUT2D eigenvalue weighted by Crippen LogP contribution is 2.24. The Hall–Kier alpha value is -3.21. The molecule has 1 amide bonds. The molecule has 0 aliphatic carbocycles. The first-order valence-electron chi connectivity index (χ1n) is 8.64. The van der Waals surface area contributed by atoms with Crippen molar-refractivity contribution in [3.05, 3.63) is 33.4 Å². The number of carboxylic acid groups (broad SMARTS) is 1. The van der Waals surface area contributed by atoms with Gasteiger partial charge in [0, 0.05) is 13.2 Å². The molecule has 11 heteroatoms. The average molecular weight is 392 g/mol. The third-order valence-electron chi connectivity index (χ3n) is 4.48. The van der Waals surface area contributed by atoms with Crippen molar-refractivity contribution in [2.75, 3.05) is 20.3 Å². The van der Waals surface area contributed by atoms with Crippen LogP contribution in [-0.4, -0.2) is 68.4 Å². The number of aromatic nitrogens is 3. The molecule has 0 bridgehead atoms. The summed E-state index contributed by atoms with van der Waals surface area (Å²) in [4.78, 5) is 50.7. The van der Waals surface area contributed by atoms with Crippen molar-refractivity contribution in [3.8, 4) is 0 Å². The lowest BCUT2D eigenvalue weighted by atomic mass is 10.2. The van der Waals surface area contributed by atoms with Gasteiger partial charge in [-0.05, 0) is 13.8 Å². The Morgan fingerprint density at radius 2 is 2.07 bits per heavy atom. The van der Waals surface area contributed by atoms with Crippen molar-refractivity contribution in [2.45, 2.75) is 33.0 Å². The van der Waals surface area contributed by atoms with Crippen LogP contribution in [0.4, 0.5) is 0 Å². The summed E-state index contributed by atoms with van der Waals surface area (Å²) >= 11 is 0. The van der Waals surface area contributed by atoms with Gasteiger partial charge >= 0.3 is 11.9 Å². The Labute approximate surface area is 159 Å². The molecule has 3 heterocycles. The van der Waals surface area contributed by atoms with E-state index in [1.165, 1.54) is 22.6 Å². The second-order valence-corrected chi connectivity index (χ2v) is 6.37. The summed E-state index contributed by atoms with van der Waals surface area (Å²) in [6.07, 6.45) is 0. The standard InChI is InChI=1S/C17H20N4O7/c1-4-28-17(26)11-5-12-20(7-13(22)23)14-10(15(24)21(12)18-11)6-19(16(14)25)9(2)8-27-3/h5,9H,4,6-8H2,1-3H3,(H,22,23)/t9-/m0/s1. The molecule has 0 aromatic carbocycles. The number of esters is 1. The van der Waals surface area contributed by atoms with Gasteiger partial charge in [0.25, 0.3) is 11.5 Å². The molecule has 0 saturated carbocycles. The Morgan fingerprint density at radius 1 is 1.36 bits per heavy atom. The lowest BCUT2D eigenvalue weighted by molar-refractivity contribution is -0.137. The summed E-state index contributed by atoms with van der Waals surface area (Å²) in [5, 5.41) is 13.3. The number of methoxy groups -OCH3 is 1. The smallest absolute Gasteiger partial charge is 0.358 e. The van der Waals surface area contributed by atoms with Gasteiger partial charge in [0.05, 0.1) is 31.4 Å². The molecule has 0 saturated heterocycles. The van der Waals surface area contributed by atoms with E-state index in [1.54, 1.807) is 13.8 Å².